The molecule has 3 rings (SSSR count). The number of amides is 1. The largest absolute Gasteiger partial charge is 0.326 e. The van der Waals surface area contributed by atoms with E-state index < -0.39 is 0 Å². The highest BCUT2D eigenvalue weighted by molar-refractivity contribution is 5.93. The fraction of sp³-hybridized carbons (Fsp3) is 0.263. The molecular weight excluding hydrogens is 314 g/mol. The number of hydrogen-bond acceptors (Lipinski definition) is 4. The maximum Gasteiger partial charge on any atom is 0.228 e. The smallest absolute Gasteiger partial charge is 0.228 e. The Labute approximate surface area is 146 Å². The first-order chi connectivity index (χ1) is 11.9. The van der Waals surface area contributed by atoms with Crippen molar-refractivity contribution in [3.8, 4) is 11.3 Å². The van der Waals surface area contributed by atoms with E-state index >= 15 is 0 Å². The van der Waals surface area contributed by atoms with Crippen LogP contribution in [0.15, 0.2) is 36.5 Å². The Morgan fingerprint density at radius 3 is 2.68 bits per heavy atom. The quantitative estimate of drug-likeness (QED) is 0.795. The van der Waals surface area contributed by atoms with Crippen LogP contribution in [0.5, 0.6) is 0 Å². The SMILES string of the molecule is Cc1nccc(-c2cccc(NC(=O)Cc3c(C)nn(C)c3C)c2)n1. The highest BCUT2D eigenvalue weighted by Gasteiger charge is 2.14. The summed E-state index contributed by atoms with van der Waals surface area (Å²) in [6.45, 7) is 5.75. The summed E-state index contributed by atoms with van der Waals surface area (Å²) in [6.07, 6.45) is 2.04. The van der Waals surface area contributed by atoms with Crippen LogP contribution in [0.3, 0.4) is 0 Å². The fourth-order valence-corrected chi connectivity index (χ4v) is 2.81. The van der Waals surface area contributed by atoms with Crippen molar-refractivity contribution in [1.82, 2.24) is 19.7 Å². The topological polar surface area (TPSA) is 72.7 Å². The molecule has 3 aromatic rings. The number of aromatic nitrogens is 4. The summed E-state index contributed by atoms with van der Waals surface area (Å²) in [7, 11) is 1.89. The predicted octanol–water partition coefficient (Wildman–Crippen LogP) is 2.98. The van der Waals surface area contributed by atoms with Gasteiger partial charge in [-0.05, 0) is 39.0 Å². The number of benzene rings is 1. The van der Waals surface area contributed by atoms with Crippen LogP contribution in [0.4, 0.5) is 5.69 Å². The van der Waals surface area contributed by atoms with E-state index in [4.69, 9.17) is 0 Å². The summed E-state index contributed by atoms with van der Waals surface area (Å²) >= 11 is 0. The lowest BCUT2D eigenvalue weighted by molar-refractivity contribution is -0.115. The zero-order valence-electron chi connectivity index (χ0n) is 14.9. The summed E-state index contributed by atoms with van der Waals surface area (Å²) < 4.78 is 1.80. The van der Waals surface area contributed by atoms with Gasteiger partial charge >= 0.3 is 0 Å². The standard InChI is InChI=1S/C19H21N5O/c1-12-17(13(2)24(4)23-12)11-19(25)22-16-7-5-6-15(10-16)18-8-9-20-14(3)21-18/h5-10H,11H2,1-4H3,(H,22,25). The Morgan fingerprint density at radius 1 is 1.20 bits per heavy atom. The van der Waals surface area contributed by atoms with E-state index in [2.05, 4.69) is 20.4 Å². The molecule has 0 aliphatic heterocycles. The molecule has 0 unspecified atom stereocenters. The summed E-state index contributed by atoms with van der Waals surface area (Å²) in [5, 5.41) is 7.31. The molecule has 6 heteroatoms. The number of carbonyl (C=O) groups excluding carboxylic acids is 1. The van der Waals surface area contributed by atoms with Gasteiger partial charge in [0.15, 0.2) is 0 Å². The lowest BCUT2D eigenvalue weighted by Crippen LogP contribution is -2.15. The van der Waals surface area contributed by atoms with Gasteiger partial charge < -0.3 is 5.32 Å². The van der Waals surface area contributed by atoms with Gasteiger partial charge in [-0.15, -0.1) is 0 Å². The van der Waals surface area contributed by atoms with Gasteiger partial charge in [0.05, 0.1) is 17.8 Å². The Hall–Kier alpha value is -3.02. The Morgan fingerprint density at radius 2 is 2.00 bits per heavy atom. The van der Waals surface area contributed by atoms with Gasteiger partial charge in [-0.1, -0.05) is 12.1 Å². The molecule has 0 bridgehead atoms. The second-order valence-corrected chi connectivity index (χ2v) is 6.07. The fourth-order valence-electron chi connectivity index (χ4n) is 2.81. The van der Waals surface area contributed by atoms with Crippen LogP contribution in [0.1, 0.15) is 22.8 Å². The van der Waals surface area contributed by atoms with Gasteiger partial charge in [0.1, 0.15) is 5.82 Å². The minimum Gasteiger partial charge on any atom is -0.326 e. The zero-order valence-corrected chi connectivity index (χ0v) is 14.9. The lowest BCUT2D eigenvalue weighted by atomic mass is 10.1. The van der Waals surface area contributed by atoms with E-state index in [0.717, 1.165) is 39.7 Å². The molecule has 0 radical (unpaired) electrons. The summed E-state index contributed by atoms with van der Waals surface area (Å²) in [6, 6.07) is 9.52. The molecule has 0 fully saturated rings. The molecule has 6 nitrogen and oxygen atoms in total. The molecule has 0 saturated heterocycles. The van der Waals surface area contributed by atoms with Crippen LogP contribution in [0.25, 0.3) is 11.3 Å². The Kier molecular flexibility index (Phi) is 4.61. The van der Waals surface area contributed by atoms with Crippen molar-refractivity contribution in [2.45, 2.75) is 27.2 Å². The summed E-state index contributed by atoms with van der Waals surface area (Å²) in [5.74, 6) is 0.657. The normalized spacial score (nSPS) is 10.7. The van der Waals surface area contributed by atoms with Gasteiger partial charge in [-0.25, -0.2) is 9.97 Å². The van der Waals surface area contributed by atoms with E-state index in [9.17, 15) is 4.79 Å². The summed E-state index contributed by atoms with van der Waals surface area (Å²) in [5.41, 5.74) is 5.40. The molecule has 1 aromatic carbocycles. The number of carbonyl (C=O) groups is 1. The third-order valence-electron chi connectivity index (χ3n) is 4.21. The van der Waals surface area contributed by atoms with Crippen molar-refractivity contribution in [3.05, 3.63) is 59.3 Å². The van der Waals surface area contributed by atoms with Crippen LogP contribution < -0.4 is 5.32 Å². The first-order valence-electron chi connectivity index (χ1n) is 8.13. The maximum absolute atomic E-state index is 12.4. The third-order valence-corrected chi connectivity index (χ3v) is 4.21. The van der Waals surface area contributed by atoms with Crippen molar-refractivity contribution < 1.29 is 4.79 Å². The van der Waals surface area contributed by atoms with Crippen LogP contribution in [-0.4, -0.2) is 25.7 Å². The number of anilines is 1. The molecule has 0 saturated carbocycles. The zero-order chi connectivity index (χ0) is 18.0. The highest BCUT2D eigenvalue weighted by Crippen LogP contribution is 2.21. The van der Waals surface area contributed by atoms with Crippen LogP contribution >= 0.6 is 0 Å². The molecule has 0 aliphatic carbocycles. The number of nitrogens with zero attached hydrogens (tertiary/aromatic N) is 4. The Balaban J connectivity index is 1.77. The first kappa shape index (κ1) is 16.8. The van der Waals surface area contributed by atoms with E-state index in [1.165, 1.54) is 0 Å². The van der Waals surface area contributed by atoms with Crippen molar-refractivity contribution in [3.63, 3.8) is 0 Å². The van der Waals surface area contributed by atoms with Gasteiger partial charge in [0, 0.05) is 35.8 Å². The van der Waals surface area contributed by atoms with Crippen molar-refractivity contribution in [2.75, 3.05) is 5.32 Å². The molecule has 2 aromatic heterocycles. The molecule has 128 valence electrons. The van der Waals surface area contributed by atoms with E-state index in [-0.39, 0.29) is 5.91 Å². The maximum atomic E-state index is 12.4. The van der Waals surface area contributed by atoms with Gasteiger partial charge in [-0.2, -0.15) is 5.10 Å². The number of hydrogen-bond donors (Lipinski definition) is 1. The van der Waals surface area contributed by atoms with Crippen molar-refractivity contribution in [2.24, 2.45) is 7.05 Å². The van der Waals surface area contributed by atoms with Crippen molar-refractivity contribution in [1.29, 1.82) is 0 Å². The minimum atomic E-state index is -0.0600. The monoisotopic (exact) mass is 335 g/mol. The number of aryl methyl sites for hydroxylation is 3. The van der Waals surface area contributed by atoms with E-state index in [0.29, 0.717) is 6.42 Å². The molecule has 0 atom stereocenters. The molecule has 0 spiro atoms. The molecule has 0 aliphatic rings. The molecule has 2 heterocycles. The highest BCUT2D eigenvalue weighted by atomic mass is 16.1. The van der Waals surface area contributed by atoms with E-state index in [1.54, 1.807) is 10.9 Å². The Bertz CT molecular complexity index is 929. The second-order valence-electron chi connectivity index (χ2n) is 6.07. The number of nitrogens with one attached hydrogen (secondary N) is 1. The second kappa shape index (κ2) is 6.84. The first-order valence-corrected chi connectivity index (χ1v) is 8.13. The van der Waals surface area contributed by atoms with Crippen LogP contribution in [-0.2, 0) is 18.3 Å². The lowest BCUT2D eigenvalue weighted by Gasteiger charge is -2.08. The van der Waals surface area contributed by atoms with Crippen molar-refractivity contribution >= 4 is 11.6 Å². The van der Waals surface area contributed by atoms with Crippen LogP contribution in [0.2, 0.25) is 0 Å². The van der Waals surface area contributed by atoms with Crippen LogP contribution in [0, 0.1) is 20.8 Å². The third kappa shape index (κ3) is 3.74. The average molecular weight is 335 g/mol. The molecule has 1 N–H and O–H groups in total. The van der Waals surface area contributed by atoms with Gasteiger partial charge in [0.25, 0.3) is 0 Å². The molecule has 1 amide bonds. The predicted molar refractivity (Wildman–Crippen MR) is 97.2 cm³/mol. The van der Waals surface area contributed by atoms with Gasteiger partial charge in [-0.3, -0.25) is 9.48 Å². The summed E-state index contributed by atoms with van der Waals surface area (Å²) in [4.78, 5) is 21.0. The van der Waals surface area contributed by atoms with Gasteiger partial charge in [0.2, 0.25) is 5.91 Å². The molecule has 25 heavy (non-hydrogen) atoms. The van der Waals surface area contributed by atoms with E-state index in [1.807, 2.05) is 58.2 Å². The molecular formula is C19H21N5O. The number of rotatable bonds is 4. The minimum absolute atomic E-state index is 0.0600. The average Bonchev–Trinajstić information content (AvgIpc) is 2.81.